The Hall–Kier alpha value is -1.31. The summed E-state index contributed by atoms with van der Waals surface area (Å²) in [5, 5.41) is 1.93. The van der Waals surface area contributed by atoms with Gasteiger partial charge in [0, 0.05) is 34.6 Å². The van der Waals surface area contributed by atoms with Crippen LogP contribution in [0.25, 0.3) is 0 Å². The summed E-state index contributed by atoms with van der Waals surface area (Å²) in [5.74, 6) is 1.33. The fourth-order valence-corrected chi connectivity index (χ4v) is 4.70. The molecule has 128 valence electrons. The fourth-order valence-electron chi connectivity index (χ4n) is 2.22. The second kappa shape index (κ2) is 9.86. The number of nitrogens with zero attached hydrogens (tertiary/aromatic N) is 1. The minimum absolute atomic E-state index is 0.253. The number of carbonyl (C=O) groups excluding carboxylic acids is 2. The van der Waals surface area contributed by atoms with Crippen LogP contribution in [0, 0.1) is 0 Å². The summed E-state index contributed by atoms with van der Waals surface area (Å²) in [4.78, 5) is 25.6. The quantitative estimate of drug-likeness (QED) is 0.269. The molecule has 24 heavy (non-hydrogen) atoms. The Morgan fingerprint density at radius 2 is 1.83 bits per heavy atom. The standard InChI is InChI=1S/C17H19NO3S3/c1-2-10-22-23-11-6-13-24(21)12-5-9-18-16(19)14-7-3-4-8-15(14)17(18)20/h2-4,6-8,11H,1,5,9-10,12-13H2/b11-6+. The van der Waals surface area contributed by atoms with Crippen molar-refractivity contribution in [3.8, 4) is 0 Å². The van der Waals surface area contributed by atoms with Crippen LogP contribution in [-0.2, 0) is 10.8 Å². The Morgan fingerprint density at radius 1 is 1.17 bits per heavy atom. The molecule has 1 atom stereocenters. The van der Waals surface area contributed by atoms with Crippen molar-refractivity contribution in [1.82, 2.24) is 4.90 Å². The first-order valence-corrected chi connectivity index (χ1v) is 11.4. The lowest BCUT2D eigenvalue weighted by atomic mass is 10.1. The second-order valence-electron chi connectivity index (χ2n) is 5.01. The lowest BCUT2D eigenvalue weighted by molar-refractivity contribution is 0.0654. The summed E-state index contributed by atoms with van der Waals surface area (Å²) < 4.78 is 11.9. The lowest BCUT2D eigenvalue weighted by Gasteiger charge is -2.13. The van der Waals surface area contributed by atoms with Gasteiger partial charge in [-0.15, -0.1) is 6.58 Å². The first-order chi connectivity index (χ1) is 11.6. The van der Waals surface area contributed by atoms with Crippen LogP contribution in [-0.4, -0.2) is 44.7 Å². The third kappa shape index (κ3) is 5.09. The molecule has 0 saturated heterocycles. The summed E-state index contributed by atoms with van der Waals surface area (Å²) in [5.41, 5.74) is 0.918. The summed E-state index contributed by atoms with van der Waals surface area (Å²) in [6.07, 6.45) is 4.27. The van der Waals surface area contributed by atoms with Gasteiger partial charge in [0.1, 0.15) is 0 Å². The van der Waals surface area contributed by atoms with Crippen LogP contribution in [0.1, 0.15) is 27.1 Å². The fraction of sp³-hybridized carbons (Fsp3) is 0.294. The van der Waals surface area contributed by atoms with Gasteiger partial charge in [0.15, 0.2) is 0 Å². The van der Waals surface area contributed by atoms with Gasteiger partial charge in [0.25, 0.3) is 11.8 Å². The highest BCUT2D eigenvalue weighted by Crippen LogP contribution is 2.23. The zero-order chi connectivity index (χ0) is 17.4. The van der Waals surface area contributed by atoms with Gasteiger partial charge >= 0.3 is 0 Å². The summed E-state index contributed by atoms with van der Waals surface area (Å²) in [6, 6.07) is 6.83. The van der Waals surface area contributed by atoms with E-state index in [4.69, 9.17) is 0 Å². The van der Waals surface area contributed by atoms with Gasteiger partial charge in [-0.25, -0.2) is 0 Å². The predicted molar refractivity (Wildman–Crippen MR) is 104 cm³/mol. The summed E-state index contributed by atoms with van der Waals surface area (Å²) in [6.45, 7) is 3.95. The third-order valence-corrected chi connectivity index (χ3v) is 6.59. The highest BCUT2D eigenvalue weighted by atomic mass is 33.1. The molecule has 0 radical (unpaired) electrons. The highest BCUT2D eigenvalue weighted by molar-refractivity contribution is 8.77. The molecule has 2 amide bonds. The maximum Gasteiger partial charge on any atom is 0.261 e. The highest BCUT2D eigenvalue weighted by Gasteiger charge is 2.34. The topological polar surface area (TPSA) is 54.5 Å². The largest absolute Gasteiger partial charge is 0.274 e. The van der Waals surface area contributed by atoms with Crippen molar-refractivity contribution in [2.45, 2.75) is 6.42 Å². The Bertz CT molecular complexity index is 638. The molecule has 0 fully saturated rings. The zero-order valence-corrected chi connectivity index (χ0v) is 15.6. The number of hydrogen-bond donors (Lipinski definition) is 0. The van der Waals surface area contributed by atoms with Crippen LogP contribution in [0.4, 0.5) is 0 Å². The molecule has 4 nitrogen and oxygen atoms in total. The number of benzene rings is 1. The molecule has 1 heterocycles. The molecule has 0 bridgehead atoms. The molecule has 0 spiro atoms. The van der Waals surface area contributed by atoms with Crippen LogP contribution in [0.2, 0.25) is 0 Å². The van der Waals surface area contributed by atoms with Gasteiger partial charge in [0.2, 0.25) is 0 Å². The van der Waals surface area contributed by atoms with Crippen LogP contribution in [0.5, 0.6) is 0 Å². The molecule has 0 aromatic heterocycles. The molecule has 0 N–H and O–H groups in total. The Labute approximate surface area is 152 Å². The number of rotatable bonds is 10. The maximum atomic E-state index is 12.2. The van der Waals surface area contributed by atoms with E-state index < -0.39 is 10.8 Å². The normalized spacial score (nSPS) is 15.1. The van der Waals surface area contributed by atoms with Crippen LogP contribution >= 0.6 is 21.6 Å². The molecular formula is C17H19NO3S3. The molecule has 1 aliphatic heterocycles. The monoisotopic (exact) mass is 381 g/mol. The minimum atomic E-state index is -0.979. The molecule has 1 aromatic rings. The number of hydrogen-bond acceptors (Lipinski definition) is 5. The molecule has 0 aliphatic carbocycles. The maximum absolute atomic E-state index is 12.2. The van der Waals surface area contributed by atoms with Crippen molar-refractivity contribution in [1.29, 1.82) is 0 Å². The minimum Gasteiger partial charge on any atom is -0.274 e. The van der Waals surface area contributed by atoms with Gasteiger partial charge in [0.05, 0.1) is 11.1 Å². The van der Waals surface area contributed by atoms with Crippen LogP contribution in [0.15, 0.2) is 48.4 Å². The first-order valence-electron chi connectivity index (χ1n) is 7.49. The van der Waals surface area contributed by atoms with Crippen LogP contribution in [0.3, 0.4) is 0 Å². The summed E-state index contributed by atoms with van der Waals surface area (Å²) >= 11 is 0. The number of imide groups is 1. The third-order valence-electron chi connectivity index (χ3n) is 3.32. The number of carbonyl (C=O) groups is 2. The van der Waals surface area contributed by atoms with Gasteiger partial charge in [-0.3, -0.25) is 18.7 Å². The van der Waals surface area contributed by atoms with Crippen molar-refractivity contribution < 1.29 is 13.8 Å². The Kier molecular flexibility index (Phi) is 7.81. The predicted octanol–water partition coefficient (Wildman–Crippen LogP) is 3.50. The molecule has 0 saturated carbocycles. The zero-order valence-electron chi connectivity index (χ0n) is 13.2. The Balaban J connectivity index is 1.71. The van der Waals surface area contributed by atoms with E-state index in [2.05, 4.69) is 6.58 Å². The lowest BCUT2D eigenvalue weighted by Crippen LogP contribution is -2.31. The molecule has 1 unspecified atom stereocenters. The second-order valence-corrected chi connectivity index (χ2v) is 8.95. The van der Waals surface area contributed by atoms with E-state index in [1.807, 2.05) is 17.6 Å². The van der Waals surface area contributed by atoms with Gasteiger partial charge in [-0.2, -0.15) is 0 Å². The van der Waals surface area contributed by atoms with E-state index in [0.29, 0.717) is 35.6 Å². The van der Waals surface area contributed by atoms with Gasteiger partial charge in [-0.1, -0.05) is 45.9 Å². The molecule has 1 aliphatic rings. The van der Waals surface area contributed by atoms with E-state index in [-0.39, 0.29) is 11.8 Å². The number of amides is 2. The molecule has 7 heteroatoms. The van der Waals surface area contributed by atoms with Crippen molar-refractivity contribution in [3.63, 3.8) is 0 Å². The van der Waals surface area contributed by atoms with Crippen molar-refractivity contribution in [3.05, 3.63) is 59.5 Å². The average Bonchev–Trinajstić information content (AvgIpc) is 2.83. The van der Waals surface area contributed by atoms with E-state index in [1.165, 1.54) is 4.90 Å². The van der Waals surface area contributed by atoms with Crippen LogP contribution < -0.4 is 0 Å². The van der Waals surface area contributed by atoms with Crippen molar-refractivity contribution in [2.75, 3.05) is 23.8 Å². The van der Waals surface area contributed by atoms with Gasteiger partial charge < -0.3 is 0 Å². The Morgan fingerprint density at radius 3 is 2.46 bits per heavy atom. The molecule has 2 rings (SSSR count). The first kappa shape index (κ1) is 19.0. The van der Waals surface area contributed by atoms with E-state index in [0.717, 1.165) is 5.75 Å². The smallest absolute Gasteiger partial charge is 0.261 e. The van der Waals surface area contributed by atoms with E-state index in [1.54, 1.807) is 45.9 Å². The number of fused-ring (bicyclic) bond motifs is 1. The SMILES string of the molecule is C=CCSS/C=C/CS(=O)CCCN1C(=O)c2ccccc2C1=O. The average molecular weight is 382 g/mol. The van der Waals surface area contributed by atoms with Crippen molar-refractivity contribution in [2.24, 2.45) is 0 Å². The molecular weight excluding hydrogens is 362 g/mol. The van der Waals surface area contributed by atoms with Gasteiger partial charge in [-0.05, 0) is 24.0 Å². The van der Waals surface area contributed by atoms with E-state index in [9.17, 15) is 13.8 Å². The van der Waals surface area contributed by atoms with Crippen molar-refractivity contribution >= 4 is 44.2 Å². The van der Waals surface area contributed by atoms with E-state index >= 15 is 0 Å². The summed E-state index contributed by atoms with van der Waals surface area (Å²) in [7, 11) is 2.28. The molecule has 1 aromatic carbocycles.